The number of thioether (sulfide) groups is 1. The number of likely N-dealkylation sites (tertiary alicyclic amines) is 1. The van der Waals surface area contributed by atoms with Crippen molar-refractivity contribution in [1.82, 2.24) is 4.90 Å². The summed E-state index contributed by atoms with van der Waals surface area (Å²) in [5.74, 6) is 0.602. The number of para-hydroxylation sites is 2. The largest absolute Gasteiger partial charge is 0.397 e. The molecule has 0 aromatic heterocycles. The molecule has 27 heavy (non-hydrogen) atoms. The molecule has 1 amide bonds. The molecule has 1 aliphatic heterocycles. The minimum absolute atomic E-state index is 0.133. The molecule has 5 heteroatoms. The van der Waals surface area contributed by atoms with E-state index in [4.69, 9.17) is 5.73 Å². The number of hydrogen-bond acceptors (Lipinski definition) is 4. The summed E-state index contributed by atoms with van der Waals surface area (Å²) in [7, 11) is 0. The van der Waals surface area contributed by atoms with Crippen molar-refractivity contribution in [1.29, 1.82) is 0 Å². The molecule has 2 aromatic rings. The van der Waals surface area contributed by atoms with E-state index in [0.29, 0.717) is 22.2 Å². The number of nitrogens with one attached hydrogen (secondary N) is 1. The van der Waals surface area contributed by atoms with E-state index in [1.165, 1.54) is 37.4 Å². The van der Waals surface area contributed by atoms with Crippen LogP contribution >= 0.6 is 11.8 Å². The molecular formula is C22H29N3OS. The van der Waals surface area contributed by atoms with Crippen molar-refractivity contribution in [2.24, 2.45) is 5.92 Å². The number of amides is 1. The highest BCUT2D eigenvalue weighted by Gasteiger charge is 2.20. The zero-order valence-electron chi connectivity index (χ0n) is 16.2. The van der Waals surface area contributed by atoms with Crippen LogP contribution in [0, 0.1) is 5.92 Å². The summed E-state index contributed by atoms with van der Waals surface area (Å²) in [5.41, 5.74) is 7.76. The lowest BCUT2D eigenvalue weighted by atomic mass is 10.1. The Morgan fingerprint density at radius 2 is 1.81 bits per heavy atom. The minimum Gasteiger partial charge on any atom is -0.397 e. The molecule has 4 nitrogen and oxygen atoms in total. The standard InChI is InChI=1S/C22H29N3OS/c1-16(2)15-25-13-11-19(12-14-25)27-18-9-7-17(8-10-18)22(26)24-21-6-4-3-5-20(21)23/h3-10,16,19H,11-15,23H2,1-2H3,(H,24,26). The Morgan fingerprint density at radius 3 is 2.44 bits per heavy atom. The van der Waals surface area contributed by atoms with Crippen molar-refractivity contribution in [3.05, 3.63) is 54.1 Å². The van der Waals surface area contributed by atoms with Gasteiger partial charge >= 0.3 is 0 Å². The SMILES string of the molecule is CC(C)CN1CCC(Sc2ccc(C(=O)Nc3ccccc3N)cc2)CC1. The van der Waals surface area contributed by atoms with Crippen LogP contribution in [0.5, 0.6) is 0 Å². The Bertz CT molecular complexity index is 752. The minimum atomic E-state index is -0.133. The Morgan fingerprint density at radius 1 is 1.15 bits per heavy atom. The lowest BCUT2D eigenvalue weighted by Crippen LogP contribution is -2.37. The van der Waals surface area contributed by atoms with E-state index in [9.17, 15) is 4.79 Å². The van der Waals surface area contributed by atoms with Gasteiger partial charge in [-0.1, -0.05) is 26.0 Å². The maximum atomic E-state index is 12.4. The zero-order chi connectivity index (χ0) is 19.2. The fraction of sp³-hybridized carbons (Fsp3) is 0.409. The summed E-state index contributed by atoms with van der Waals surface area (Å²) < 4.78 is 0. The Balaban J connectivity index is 1.52. The number of hydrogen-bond donors (Lipinski definition) is 2. The molecule has 0 bridgehead atoms. The van der Waals surface area contributed by atoms with Gasteiger partial charge in [0.05, 0.1) is 11.4 Å². The van der Waals surface area contributed by atoms with E-state index in [-0.39, 0.29) is 5.91 Å². The molecule has 3 N–H and O–H groups in total. The van der Waals surface area contributed by atoms with Gasteiger partial charge in [-0.3, -0.25) is 4.79 Å². The van der Waals surface area contributed by atoms with Crippen LogP contribution in [-0.4, -0.2) is 35.7 Å². The molecule has 2 aromatic carbocycles. The van der Waals surface area contributed by atoms with Gasteiger partial charge in [-0.25, -0.2) is 0 Å². The summed E-state index contributed by atoms with van der Waals surface area (Å²) in [5, 5.41) is 3.54. The Labute approximate surface area is 166 Å². The summed E-state index contributed by atoms with van der Waals surface area (Å²) in [6, 6.07) is 15.2. The van der Waals surface area contributed by atoms with E-state index >= 15 is 0 Å². The normalized spacial score (nSPS) is 15.8. The molecule has 0 atom stereocenters. The maximum absolute atomic E-state index is 12.4. The predicted molar refractivity (Wildman–Crippen MR) is 115 cm³/mol. The van der Waals surface area contributed by atoms with Gasteiger partial charge < -0.3 is 16.0 Å². The van der Waals surface area contributed by atoms with E-state index in [1.54, 1.807) is 6.07 Å². The summed E-state index contributed by atoms with van der Waals surface area (Å²) in [6.45, 7) is 8.14. The third-order valence-electron chi connectivity index (χ3n) is 4.79. The van der Waals surface area contributed by atoms with Gasteiger partial charge in [0.2, 0.25) is 0 Å². The molecule has 1 aliphatic rings. The quantitative estimate of drug-likeness (QED) is 0.708. The fourth-order valence-electron chi connectivity index (χ4n) is 3.41. The highest BCUT2D eigenvalue weighted by atomic mass is 32.2. The van der Waals surface area contributed by atoms with Gasteiger partial charge in [0.25, 0.3) is 5.91 Å². The summed E-state index contributed by atoms with van der Waals surface area (Å²) in [6.07, 6.45) is 2.46. The number of carbonyl (C=O) groups excluding carboxylic acids is 1. The summed E-state index contributed by atoms with van der Waals surface area (Å²) in [4.78, 5) is 16.2. The van der Waals surface area contributed by atoms with Crippen molar-refractivity contribution >= 4 is 29.0 Å². The number of nitrogen functional groups attached to an aromatic ring is 1. The van der Waals surface area contributed by atoms with Gasteiger partial charge in [-0.05, 0) is 68.2 Å². The van der Waals surface area contributed by atoms with Crippen LogP contribution in [0.4, 0.5) is 11.4 Å². The van der Waals surface area contributed by atoms with Gasteiger partial charge in [-0.15, -0.1) is 11.8 Å². The topological polar surface area (TPSA) is 58.4 Å². The first kappa shape index (κ1) is 19.8. The van der Waals surface area contributed by atoms with E-state index in [0.717, 1.165) is 5.92 Å². The third-order valence-corrected chi connectivity index (χ3v) is 6.14. The Hall–Kier alpha value is -1.98. The lowest BCUT2D eigenvalue weighted by Gasteiger charge is -2.32. The van der Waals surface area contributed by atoms with Crippen LogP contribution in [0.25, 0.3) is 0 Å². The van der Waals surface area contributed by atoms with Crippen molar-refractivity contribution < 1.29 is 4.79 Å². The molecular weight excluding hydrogens is 354 g/mol. The third kappa shape index (κ3) is 5.75. The first-order valence-corrected chi connectivity index (χ1v) is 10.5. The molecule has 0 aliphatic carbocycles. The second kappa shape index (κ2) is 9.29. The second-order valence-electron chi connectivity index (χ2n) is 7.58. The van der Waals surface area contributed by atoms with Crippen LogP contribution in [-0.2, 0) is 0 Å². The van der Waals surface area contributed by atoms with Crippen LogP contribution < -0.4 is 11.1 Å². The van der Waals surface area contributed by atoms with Gasteiger partial charge in [0, 0.05) is 22.3 Å². The number of nitrogens with zero attached hydrogens (tertiary/aromatic N) is 1. The van der Waals surface area contributed by atoms with Gasteiger partial charge in [0.1, 0.15) is 0 Å². The lowest BCUT2D eigenvalue weighted by molar-refractivity contribution is 0.102. The van der Waals surface area contributed by atoms with Crippen molar-refractivity contribution in [3.8, 4) is 0 Å². The van der Waals surface area contributed by atoms with Crippen LogP contribution in [0.3, 0.4) is 0 Å². The molecule has 144 valence electrons. The molecule has 1 fully saturated rings. The van der Waals surface area contributed by atoms with E-state index < -0.39 is 0 Å². The van der Waals surface area contributed by atoms with E-state index in [2.05, 4.69) is 36.2 Å². The van der Waals surface area contributed by atoms with Crippen molar-refractivity contribution in [2.45, 2.75) is 36.8 Å². The number of piperidine rings is 1. The molecule has 1 saturated heterocycles. The molecule has 0 unspecified atom stereocenters. The zero-order valence-corrected chi connectivity index (χ0v) is 17.0. The smallest absolute Gasteiger partial charge is 0.255 e. The molecule has 0 radical (unpaired) electrons. The van der Waals surface area contributed by atoms with Crippen molar-refractivity contribution in [3.63, 3.8) is 0 Å². The van der Waals surface area contributed by atoms with Crippen LogP contribution in [0.1, 0.15) is 37.0 Å². The first-order chi connectivity index (χ1) is 13.0. The van der Waals surface area contributed by atoms with Gasteiger partial charge in [0.15, 0.2) is 0 Å². The Kier molecular flexibility index (Phi) is 6.80. The fourth-order valence-corrected chi connectivity index (χ4v) is 4.53. The predicted octanol–water partition coefficient (Wildman–Crippen LogP) is 4.73. The van der Waals surface area contributed by atoms with Crippen LogP contribution in [0.2, 0.25) is 0 Å². The molecule has 3 rings (SSSR count). The first-order valence-electron chi connectivity index (χ1n) is 9.66. The highest BCUT2D eigenvalue weighted by Crippen LogP contribution is 2.31. The summed E-state index contributed by atoms with van der Waals surface area (Å²) >= 11 is 1.93. The maximum Gasteiger partial charge on any atom is 0.255 e. The second-order valence-corrected chi connectivity index (χ2v) is 8.95. The monoisotopic (exact) mass is 383 g/mol. The molecule has 0 spiro atoms. The molecule has 0 saturated carbocycles. The van der Waals surface area contributed by atoms with Crippen molar-refractivity contribution in [2.75, 3.05) is 30.7 Å². The highest BCUT2D eigenvalue weighted by molar-refractivity contribution is 8.00. The molecule has 1 heterocycles. The van der Waals surface area contributed by atoms with E-state index in [1.807, 2.05) is 42.1 Å². The number of benzene rings is 2. The number of rotatable bonds is 6. The average Bonchev–Trinajstić information content (AvgIpc) is 2.65. The number of nitrogens with two attached hydrogens (primary N) is 1. The number of anilines is 2. The average molecular weight is 384 g/mol. The van der Waals surface area contributed by atoms with Crippen LogP contribution in [0.15, 0.2) is 53.4 Å². The van der Waals surface area contributed by atoms with Gasteiger partial charge in [-0.2, -0.15) is 0 Å². The number of carbonyl (C=O) groups is 1.